The van der Waals surface area contributed by atoms with Gasteiger partial charge >= 0.3 is 11.9 Å². The van der Waals surface area contributed by atoms with Crippen LogP contribution in [0.3, 0.4) is 0 Å². The monoisotopic (exact) mass is 612 g/mol. The highest BCUT2D eigenvalue weighted by Gasteiger charge is 2.71. The average Bonchev–Trinajstić information content (AvgIpc) is 3.30. The molecule has 5 nitrogen and oxygen atoms in total. The van der Waals surface area contributed by atoms with Crippen LogP contribution in [0.15, 0.2) is 0 Å². The molecule has 0 spiro atoms. The summed E-state index contributed by atoms with van der Waals surface area (Å²) in [5, 5.41) is 0. The van der Waals surface area contributed by atoms with E-state index in [2.05, 4.69) is 48.5 Å². The number of carbonyl (C=O) groups is 3. The van der Waals surface area contributed by atoms with E-state index in [1.54, 1.807) is 0 Å². The summed E-state index contributed by atoms with van der Waals surface area (Å²) in [4.78, 5) is 37.2. The van der Waals surface area contributed by atoms with E-state index in [4.69, 9.17) is 9.47 Å². The summed E-state index contributed by atoms with van der Waals surface area (Å²) >= 11 is 0. The van der Waals surface area contributed by atoms with Gasteiger partial charge in [-0.25, -0.2) is 0 Å². The van der Waals surface area contributed by atoms with Crippen molar-refractivity contribution in [2.75, 3.05) is 7.11 Å². The molecule has 0 aromatic carbocycles. The van der Waals surface area contributed by atoms with Crippen LogP contribution < -0.4 is 0 Å². The van der Waals surface area contributed by atoms with Gasteiger partial charge in [0.15, 0.2) is 0 Å². The number of rotatable bonds is 8. The van der Waals surface area contributed by atoms with Crippen molar-refractivity contribution in [2.24, 2.45) is 68.0 Å². The predicted octanol–water partition coefficient (Wildman–Crippen LogP) is 9.20. The molecular weight excluding hydrogens is 548 g/mol. The molecule has 0 heterocycles. The Balaban J connectivity index is 1.37. The molecule has 250 valence electrons. The summed E-state index contributed by atoms with van der Waals surface area (Å²) in [6, 6.07) is 0. The molecule has 0 radical (unpaired) electrons. The zero-order valence-electron chi connectivity index (χ0n) is 29.9. The first-order chi connectivity index (χ1) is 20.4. The van der Waals surface area contributed by atoms with Crippen LogP contribution in [0.1, 0.15) is 146 Å². The van der Waals surface area contributed by atoms with Gasteiger partial charge in [0.2, 0.25) is 0 Å². The molecule has 0 amide bonds. The first kappa shape index (κ1) is 34.0. The number of fused-ring (bicyclic) bond motifs is 7. The molecule has 4 unspecified atom stereocenters. The van der Waals surface area contributed by atoms with Crippen LogP contribution >= 0.6 is 0 Å². The van der Waals surface area contributed by atoms with E-state index in [0.717, 1.165) is 25.2 Å². The summed E-state index contributed by atoms with van der Waals surface area (Å²) in [5.41, 5.74) is 0.458. The van der Waals surface area contributed by atoms with E-state index in [9.17, 15) is 14.4 Å². The Labute approximate surface area is 268 Å². The van der Waals surface area contributed by atoms with Crippen molar-refractivity contribution in [1.29, 1.82) is 0 Å². The lowest BCUT2D eigenvalue weighted by atomic mass is 9.32. The number of esters is 2. The van der Waals surface area contributed by atoms with Crippen LogP contribution in [-0.2, 0) is 23.9 Å². The van der Waals surface area contributed by atoms with Crippen molar-refractivity contribution in [3.05, 3.63) is 0 Å². The quantitative estimate of drug-likeness (QED) is 0.202. The molecule has 0 N–H and O–H groups in total. The van der Waals surface area contributed by atoms with Crippen LogP contribution in [0, 0.1) is 68.0 Å². The molecule has 0 bridgehead atoms. The fourth-order valence-electron chi connectivity index (χ4n) is 13.4. The summed E-state index contributed by atoms with van der Waals surface area (Å²) < 4.78 is 11.2. The molecule has 5 fully saturated rings. The SMILES string of the molecule is COC(=O)CC(C)(C)CC(=O)O[C@H]1CC[C@@]2(C)C(CC[C@]3(C)C2CCC2C4[C@H](C(C)C)CC[C@]4(CC=O)CC[C@]23C)C1(C)C. The third-order valence-electron chi connectivity index (χ3n) is 15.7. The highest BCUT2D eigenvalue weighted by atomic mass is 16.5. The van der Waals surface area contributed by atoms with Crippen LogP contribution in [0.25, 0.3) is 0 Å². The molecule has 0 aromatic rings. The predicted molar refractivity (Wildman–Crippen MR) is 175 cm³/mol. The number of hydrogen-bond acceptors (Lipinski definition) is 5. The van der Waals surface area contributed by atoms with Gasteiger partial charge < -0.3 is 14.3 Å². The van der Waals surface area contributed by atoms with Crippen LogP contribution in [0.4, 0.5) is 0 Å². The molecule has 5 saturated carbocycles. The van der Waals surface area contributed by atoms with Gasteiger partial charge in [0.1, 0.15) is 12.4 Å². The Bertz CT molecular complexity index is 1120. The maximum atomic E-state index is 13.2. The minimum atomic E-state index is -0.491. The third-order valence-corrected chi connectivity index (χ3v) is 15.7. The average molecular weight is 613 g/mol. The third kappa shape index (κ3) is 5.11. The molecule has 5 rings (SSSR count). The van der Waals surface area contributed by atoms with E-state index in [-0.39, 0.29) is 52.5 Å². The Morgan fingerprint density at radius 1 is 0.818 bits per heavy atom. The number of hydrogen-bond donors (Lipinski definition) is 0. The van der Waals surface area contributed by atoms with Crippen molar-refractivity contribution in [1.82, 2.24) is 0 Å². The van der Waals surface area contributed by atoms with E-state index >= 15 is 0 Å². The first-order valence-corrected chi connectivity index (χ1v) is 18.1. The van der Waals surface area contributed by atoms with E-state index in [1.807, 2.05) is 13.8 Å². The maximum absolute atomic E-state index is 13.2. The summed E-state index contributed by atoms with van der Waals surface area (Å²) in [6.07, 6.45) is 14.5. The van der Waals surface area contributed by atoms with Gasteiger partial charge in [0, 0.05) is 11.8 Å². The molecular formula is C39H64O5. The van der Waals surface area contributed by atoms with Crippen molar-refractivity contribution in [3.8, 4) is 0 Å². The van der Waals surface area contributed by atoms with Gasteiger partial charge in [-0.2, -0.15) is 0 Å². The lowest BCUT2D eigenvalue weighted by Gasteiger charge is -2.73. The molecule has 5 aliphatic carbocycles. The van der Waals surface area contributed by atoms with Crippen LogP contribution in [-0.4, -0.2) is 31.4 Å². The minimum Gasteiger partial charge on any atom is -0.469 e. The van der Waals surface area contributed by atoms with E-state index in [0.29, 0.717) is 35.0 Å². The molecule has 0 aliphatic heterocycles. The molecule has 0 saturated heterocycles. The fourth-order valence-corrected chi connectivity index (χ4v) is 13.4. The standard InChI is InChI=1S/C39H64O5/c1-25(2)26-13-18-39(21-22-40)20-19-37(8)27(33(26)39)11-12-29-36(7)16-15-30(35(5,6)28(36)14-17-38(29,37)9)44-32(42)24-34(3,4)23-31(41)43-10/h22,25-30,33H,11-21,23-24H2,1-10H3/t26-,27?,28?,29?,30-,33?,36-,37+,38+,39+/m0/s1. The summed E-state index contributed by atoms with van der Waals surface area (Å²) in [6.45, 7) is 21.4. The molecule has 10 atom stereocenters. The van der Waals surface area contributed by atoms with Crippen LogP contribution in [0.5, 0.6) is 0 Å². The molecule has 5 heteroatoms. The maximum Gasteiger partial charge on any atom is 0.306 e. The lowest BCUT2D eigenvalue weighted by molar-refractivity contribution is -0.251. The highest BCUT2D eigenvalue weighted by molar-refractivity contribution is 5.74. The Morgan fingerprint density at radius 2 is 1.50 bits per heavy atom. The topological polar surface area (TPSA) is 69.7 Å². The highest BCUT2D eigenvalue weighted by Crippen LogP contribution is 2.78. The van der Waals surface area contributed by atoms with Gasteiger partial charge in [0.25, 0.3) is 0 Å². The molecule has 0 aromatic heterocycles. The van der Waals surface area contributed by atoms with Crippen molar-refractivity contribution >= 4 is 18.2 Å². The Hall–Kier alpha value is -1.39. The second-order valence-electron chi connectivity index (χ2n) is 18.8. The first-order valence-electron chi connectivity index (χ1n) is 18.1. The zero-order chi connectivity index (χ0) is 32.5. The Morgan fingerprint density at radius 3 is 2.14 bits per heavy atom. The smallest absolute Gasteiger partial charge is 0.306 e. The van der Waals surface area contributed by atoms with E-state index in [1.165, 1.54) is 64.8 Å². The van der Waals surface area contributed by atoms with Crippen molar-refractivity contribution in [3.63, 3.8) is 0 Å². The lowest BCUT2D eigenvalue weighted by Crippen LogP contribution is -2.66. The second kappa shape index (κ2) is 11.4. The minimum absolute atomic E-state index is 0.0952. The number of aldehydes is 1. The second-order valence-corrected chi connectivity index (χ2v) is 18.8. The number of carbonyl (C=O) groups excluding carboxylic acids is 3. The summed E-state index contributed by atoms with van der Waals surface area (Å²) in [7, 11) is 1.40. The fraction of sp³-hybridized carbons (Fsp3) is 0.923. The Kier molecular flexibility index (Phi) is 8.79. The summed E-state index contributed by atoms with van der Waals surface area (Å²) in [5.74, 6) is 3.53. The van der Waals surface area contributed by atoms with Crippen LogP contribution in [0.2, 0.25) is 0 Å². The normalized spacial score (nSPS) is 44.5. The van der Waals surface area contributed by atoms with Crippen molar-refractivity contribution in [2.45, 2.75) is 152 Å². The van der Waals surface area contributed by atoms with Gasteiger partial charge in [-0.3, -0.25) is 9.59 Å². The molecule has 44 heavy (non-hydrogen) atoms. The number of methoxy groups -OCH3 is 1. The largest absolute Gasteiger partial charge is 0.469 e. The number of ether oxygens (including phenoxy) is 2. The van der Waals surface area contributed by atoms with Crippen molar-refractivity contribution < 1.29 is 23.9 Å². The van der Waals surface area contributed by atoms with Gasteiger partial charge in [-0.15, -0.1) is 0 Å². The molecule has 5 aliphatic rings. The van der Waals surface area contributed by atoms with Gasteiger partial charge in [-0.1, -0.05) is 62.3 Å². The van der Waals surface area contributed by atoms with Gasteiger partial charge in [-0.05, 0) is 127 Å². The van der Waals surface area contributed by atoms with E-state index < -0.39 is 5.41 Å². The zero-order valence-corrected chi connectivity index (χ0v) is 29.9. The van der Waals surface area contributed by atoms with Gasteiger partial charge in [0.05, 0.1) is 20.0 Å².